The summed E-state index contributed by atoms with van der Waals surface area (Å²) in [6.45, 7) is 8.43. The van der Waals surface area contributed by atoms with Crippen LogP contribution in [0.15, 0.2) is 24.3 Å². The fraction of sp³-hybridized carbons (Fsp3) is 0.647. The third kappa shape index (κ3) is 5.21. The third-order valence-electron chi connectivity index (χ3n) is 3.52. The zero-order valence-electron chi connectivity index (χ0n) is 13.3. The molecule has 0 aliphatic carbocycles. The van der Waals surface area contributed by atoms with Gasteiger partial charge in [-0.2, -0.15) is 0 Å². The molecule has 1 aromatic rings. The number of ether oxygens (including phenoxy) is 3. The first-order valence-electron chi connectivity index (χ1n) is 7.92. The molecule has 0 spiro atoms. The Labute approximate surface area is 127 Å². The molecule has 1 aliphatic heterocycles. The average molecular weight is 293 g/mol. The van der Waals surface area contributed by atoms with Crippen molar-refractivity contribution in [3.8, 4) is 11.5 Å². The average Bonchev–Trinajstić information content (AvgIpc) is 2.92. The monoisotopic (exact) mass is 293 g/mol. The lowest BCUT2D eigenvalue weighted by Crippen LogP contribution is -2.32. The summed E-state index contributed by atoms with van der Waals surface area (Å²) in [5.41, 5.74) is 0. The minimum Gasteiger partial charge on any atom is -0.490 e. The van der Waals surface area contributed by atoms with Crippen LogP contribution in [0, 0.1) is 0 Å². The van der Waals surface area contributed by atoms with Crippen LogP contribution in [-0.4, -0.2) is 38.0 Å². The van der Waals surface area contributed by atoms with Crippen molar-refractivity contribution >= 4 is 0 Å². The first-order valence-corrected chi connectivity index (χ1v) is 7.92. The van der Waals surface area contributed by atoms with Crippen LogP contribution in [-0.2, 0) is 4.74 Å². The molecule has 2 atom stereocenters. The molecule has 1 fully saturated rings. The molecule has 1 heterocycles. The fourth-order valence-corrected chi connectivity index (χ4v) is 2.45. The van der Waals surface area contributed by atoms with Gasteiger partial charge in [-0.25, -0.2) is 0 Å². The topological polar surface area (TPSA) is 39.7 Å². The number of rotatable bonds is 8. The molecule has 2 rings (SSSR count). The van der Waals surface area contributed by atoms with Crippen molar-refractivity contribution in [2.45, 2.75) is 51.9 Å². The van der Waals surface area contributed by atoms with Gasteiger partial charge in [0.25, 0.3) is 0 Å². The molecule has 0 saturated carbocycles. The van der Waals surface area contributed by atoms with E-state index in [1.165, 1.54) is 0 Å². The van der Waals surface area contributed by atoms with E-state index in [9.17, 15) is 0 Å². The summed E-state index contributed by atoms with van der Waals surface area (Å²) < 4.78 is 17.4. The van der Waals surface area contributed by atoms with Gasteiger partial charge in [-0.05, 0) is 31.9 Å². The molecule has 1 N–H and O–H groups in total. The van der Waals surface area contributed by atoms with Crippen molar-refractivity contribution in [2.24, 2.45) is 0 Å². The minimum absolute atomic E-state index is 0.179. The summed E-state index contributed by atoms with van der Waals surface area (Å²) in [5.74, 6) is 1.60. The number of para-hydroxylation sites is 2. The third-order valence-corrected chi connectivity index (χ3v) is 3.52. The molecule has 0 radical (unpaired) electrons. The molecular weight excluding hydrogens is 266 g/mol. The maximum absolute atomic E-state index is 6.01. The highest BCUT2D eigenvalue weighted by Crippen LogP contribution is 2.28. The van der Waals surface area contributed by atoms with Crippen LogP contribution in [0.1, 0.15) is 33.6 Å². The van der Waals surface area contributed by atoms with Gasteiger partial charge in [-0.1, -0.05) is 26.0 Å². The van der Waals surface area contributed by atoms with Gasteiger partial charge >= 0.3 is 0 Å². The van der Waals surface area contributed by atoms with Gasteiger partial charge in [0.05, 0.1) is 18.8 Å². The number of hydrogen-bond donors (Lipinski definition) is 1. The quantitative estimate of drug-likeness (QED) is 0.800. The van der Waals surface area contributed by atoms with E-state index >= 15 is 0 Å². The minimum atomic E-state index is 0.179. The molecule has 1 aliphatic rings. The summed E-state index contributed by atoms with van der Waals surface area (Å²) in [7, 11) is 0. The number of hydrogen-bond acceptors (Lipinski definition) is 4. The van der Waals surface area contributed by atoms with Crippen LogP contribution in [0.3, 0.4) is 0 Å². The Bertz CT molecular complexity index is 422. The van der Waals surface area contributed by atoms with Crippen LogP contribution in [0.2, 0.25) is 0 Å². The molecular formula is C17H27NO3. The predicted octanol–water partition coefficient (Wildman–Crippen LogP) is 3.01. The van der Waals surface area contributed by atoms with Crippen LogP contribution in [0.5, 0.6) is 11.5 Å². The van der Waals surface area contributed by atoms with Crippen molar-refractivity contribution in [2.75, 3.05) is 19.8 Å². The lowest BCUT2D eigenvalue weighted by atomic mass is 10.2. The van der Waals surface area contributed by atoms with Gasteiger partial charge < -0.3 is 19.5 Å². The molecule has 1 aromatic carbocycles. The molecule has 0 aromatic heterocycles. The summed E-state index contributed by atoms with van der Waals surface area (Å²) in [4.78, 5) is 0. The van der Waals surface area contributed by atoms with Crippen LogP contribution in [0.25, 0.3) is 0 Å². The normalized spacial score (nSPS) is 21.7. The van der Waals surface area contributed by atoms with Gasteiger partial charge in [0, 0.05) is 12.6 Å². The summed E-state index contributed by atoms with van der Waals surface area (Å²) in [6, 6.07) is 8.30. The van der Waals surface area contributed by atoms with E-state index < -0.39 is 0 Å². The molecule has 21 heavy (non-hydrogen) atoms. The first-order chi connectivity index (χ1) is 10.2. The molecule has 2 unspecified atom stereocenters. The second kappa shape index (κ2) is 8.25. The molecule has 4 heteroatoms. The lowest BCUT2D eigenvalue weighted by Gasteiger charge is -2.17. The smallest absolute Gasteiger partial charge is 0.161 e. The van der Waals surface area contributed by atoms with Gasteiger partial charge in [0.15, 0.2) is 11.5 Å². The Kier molecular flexibility index (Phi) is 6.33. The second-order valence-corrected chi connectivity index (χ2v) is 5.71. The molecule has 1 saturated heterocycles. The number of nitrogens with one attached hydrogen (secondary N) is 1. The Balaban J connectivity index is 1.76. The van der Waals surface area contributed by atoms with Gasteiger partial charge in [0.2, 0.25) is 0 Å². The van der Waals surface area contributed by atoms with E-state index in [0.717, 1.165) is 30.9 Å². The van der Waals surface area contributed by atoms with Crippen molar-refractivity contribution in [1.29, 1.82) is 0 Å². The molecule has 4 nitrogen and oxygen atoms in total. The first kappa shape index (κ1) is 16.1. The molecule has 0 amide bonds. The van der Waals surface area contributed by atoms with Crippen LogP contribution in [0.4, 0.5) is 0 Å². The van der Waals surface area contributed by atoms with E-state index in [-0.39, 0.29) is 6.10 Å². The van der Waals surface area contributed by atoms with Gasteiger partial charge in [0.1, 0.15) is 6.61 Å². The van der Waals surface area contributed by atoms with E-state index in [2.05, 4.69) is 19.2 Å². The standard InChI is InChI=1S/C17H27NO3/c1-4-19-16-7-5-6-8-17(16)20-12-15-10-9-14(21-15)11-18-13(2)3/h5-8,13-15,18H,4,9-12H2,1-3H3. The Morgan fingerprint density at radius 2 is 1.81 bits per heavy atom. The van der Waals surface area contributed by atoms with E-state index in [4.69, 9.17) is 14.2 Å². The van der Waals surface area contributed by atoms with Crippen molar-refractivity contribution in [3.05, 3.63) is 24.3 Å². The molecule has 0 bridgehead atoms. The van der Waals surface area contributed by atoms with Crippen molar-refractivity contribution in [3.63, 3.8) is 0 Å². The highest BCUT2D eigenvalue weighted by Gasteiger charge is 2.25. The largest absolute Gasteiger partial charge is 0.490 e. The van der Waals surface area contributed by atoms with E-state index in [1.54, 1.807) is 0 Å². The van der Waals surface area contributed by atoms with Crippen LogP contribution >= 0.6 is 0 Å². The SMILES string of the molecule is CCOc1ccccc1OCC1CCC(CNC(C)C)O1. The van der Waals surface area contributed by atoms with E-state index in [0.29, 0.717) is 25.4 Å². The zero-order valence-corrected chi connectivity index (χ0v) is 13.3. The van der Waals surface area contributed by atoms with Gasteiger partial charge in [-0.3, -0.25) is 0 Å². The zero-order chi connectivity index (χ0) is 15.1. The Hall–Kier alpha value is -1.26. The van der Waals surface area contributed by atoms with Gasteiger partial charge in [-0.15, -0.1) is 0 Å². The highest BCUT2D eigenvalue weighted by atomic mass is 16.6. The summed E-state index contributed by atoms with van der Waals surface area (Å²) >= 11 is 0. The lowest BCUT2D eigenvalue weighted by molar-refractivity contribution is 0.0173. The Morgan fingerprint density at radius 3 is 2.48 bits per heavy atom. The number of benzene rings is 1. The summed E-state index contributed by atoms with van der Waals surface area (Å²) in [5, 5.41) is 3.42. The maximum Gasteiger partial charge on any atom is 0.161 e. The van der Waals surface area contributed by atoms with E-state index in [1.807, 2.05) is 31.2 Å². The Morgan fingerprint density at radius 1 is 1.14 bits per heavy atom. The highest BCUT2D eigenvalue weighted by molar-refractivity contribution is 5.39. The maximum atomic E-state index is 6.01. The molecule has 118 valence electrons. The summed E-state index contributed by atoms with van der Waals surface area (Å²) in [6.07, 6.45) is 2.64. The van der Waals surface area contributed by atoms with Crippen molar-refractivity contribution in [1.82, 2.24) is 5.32 Å². The van der Waals surface area contributed by atoms with Crippen molar-refractivity contribution < 1.29 is 14.2 Å². The predicted molar refractivity (Wildman–Crippen MR) is 84.1 cm³/mol. The second-order valence-electron chi connectivity index (χ2n) is 5.71. The van der Waals surface area contributed by atoms with Crippen LogP contribution < -0.4 is 14.8 Å². The fourth-order valence-electron chi connectivity index (χ4n) is 2.45.